The van der Waals surface area contributed by atoms with Crippen LogP contribution in [0.15, 0.2) is 30.5 Å². The van der Waals surface area contributed by atoms with Gasteiger partial charge in [0.2, 0.25) is 5.91 Å². The number of aliphatic hydroxyl groups excluding tert-OH is 1. The van der Waals surface area contributed by atoms with E-state index >= 15 is 0 Å². The zero-order valence-corrected chi connectivity index (χ0v) is 24.0. The second-order valence-corrected chi connectivity index (χ2v) is 12.4. The number of pyridine rings is 1. The number of aromatic nitrogens is 1. The molecule has 218 valence electrons. The largest absolute Gasteiger partial charge is 0.383 e. The first-order chi connectivity index (χ1) is 19.0. The van der Waals surface area contributed by atoms with Crippen LogP contribution in [-0.4, -0.2) is 95.9 Å². The average Bonchev–Trinajstić information content (AvgIpc) is 3.19. The Morgan fingerprint density at radius 3 is 2.67 bits per heavy atom. The van der Waals surface area contributed by atoms with E-state index < -0.39 is 23.2 Å². The summed E-state index contributed by atoms with van der Waals surface area (Å²) in [5, 5.41) is 14.5. The standard InChI is InChI=1S/C30H41F2N5O3/c1-18-12-35(22(11-33-18)13-36-19(2)15-40-16-20(36)3)14-26(38)37-17-30(4,5)29-25(37)9-21(10-34-29)28(39)23-7-6-8-24(31)27(23)32/h6-10,18-20,22,28,33,39H,11-17H2,1-5H3/t18-,19-,20-,22-,28+/m1/s1. The van der Waals surface area contributed by atoms with Crippen LogP contribution in [0.4, 0.5) is 14.5 Å². The molecule has 0 spiro atoms. The molecule has 8 nitrogen and oxygen atoms in total. The number of anilines is 1. The molecule has 1 aromatic heterocycles. The van der Waals surface area contributed by atoms with Gasteiger partial charge in [-0.25, -0.2) is 8.78 Å². The summed E-state index contributed by atoms with van der Waals surface area (Å²) in [5.74, 6) is -2.16. The lowest BCUT2D eigenvalue weighted by molar-refractivity contribution is -0.121. The molecule has 10 heteroatoms. The lowest BCUT2D eigenvalue weighted by Crippen LogP contribution is -2.63. The number of benzene rings is 1. The molecule has 2 N–H and O–H groups in total. The van der Waals surface area contributed by atoms with Crippen molar-refractivity contribution < 1.29 is 23.4 Å². The molecule has 0 bridgehead atoms. The Balaban J connectivity index is 1.38. The highest BCUT2D eigenvalue weighted by Crippen LogP contribution is 2.41. The maximum Gasteiger partial charge on any atom is 0.241 e. The summed E-state index contributed by atoms with van der Waals surface area (Å²) >= 11 is 0. The Hall–Kier alpha value is -2.50. The minimum atomic E-state index is -1.41. The van der Waals surface area contributed by atoms with Crippen molar-refractivity contribution in [2.75, 3.05) is 50.8 Å². The van der Waals surface area contributed by atoms with Gasteiger partial charge in [0.1, 0.15) is 6.10 Å². The molecule has 5 rings (SSSR count). The summed E-state index contributed by atoms with van der Waals surface area (Å²) in [6, 6.07) is 6.47. The summed E-state index contributed by atoms with van der Waals surface area (Å²) in [6.45, 7) is 15.1. The first-order valence-corrected chi connectivity index (χ1v) is 14.2. The summed E-state index contributed by atoms with van der Waals surface area (Å²) < 4.78 is 34.0. The van der Waals surface area contributed by atoms with Crippen LogP contribution in [0, 0.1) is 11.6 Å². The third kappa shape index (κ3) is 5.65. The van der Waals surface area contributed by atoms with E-state index in [-0.39, 0.29) is 30.1 Å². The molecule has 0 radical (unpaired) electrons. The van der Waals surface area contributed by atoms with E-state index in [1.807, 2.05) is 13.8 Å². The average molecular weight is 558 g/mol. The Morgan fingerprint density at radius 1 is 1.23 bits per heavy atom. The van der Waals surface area contributed by atoms with Crippen LogP contribution in [0.3, 0.4) is 0 Å². The van der Waals surface area contributed by atoms with Gasteiger partial charge in [-0.15, -0.1) is 0 Å². The van der Waals surface area contributed by atoms with Crippen LogP contribution < -0.4 is 10.2 Å². The van der Waals surface area contributed by atoms with E-state index in [0.29, 0.717) is 43.1 Å². The van der Waals surface area contributed by atoms with Gasteiger partial charge < -0.3 is 20.1 Å². The zero-order valence-electron chi connectivity index (χ0n) is 24.0. The predicted molar refractivity (Wildman–Crippen MR) is 149 cm³/mol. The summed E-state index contributed by atoms with van der Waals surface area (Å²) in [7, 11) is 0. The van der Waals surface area contributed by atoms with Gasteiger partial charge in [-0.2, -0.15) is 0 Å². The highest BCUT2D eigenvalue weighted by molar-refractivity contribution is 5.97. The molecule has 2 aromatic rings. The molecule has 0 unspecified atom stereocenters. The SMILES string of the molecule is C[C@@H]1CN(CC(=O)N2CC(C)(C)c3ncc([C@H](O)c4cccc(F)c4F)cc32)[C@@H](CN2[C@H](C)COC[C@H]2C)CN1. The number of ether oxygens (including phenoxy) is 1. The van der Waals surface area contributed by atoms with Crippen molar-refractivity contribution in [2.24, 2.45) is 0 Å². The number of amides is 1. The van der Waals surface area contributed by atoms with Crippen LogP contribution in [0.5, 0.6) is 0 Å². The zero-order chi connectivity index (χ0) is 28.8. The Kier molecular flexibility index (Phi) is 8.27. The van der Waals surface area contributed by atoms with Gasteiger partial charge >= 0.3 is 0 Å². The number of aliphatic hydroxyl groups is 1. The van der Waals surface area contributed by atoms with Gasteiger partial charge in [-0.1, -0.05) is 26.0 Å². The van der Waals surface area contributed by atoms with E-state index in [1.165, 1.54) is 18.3 Å². The van der Waals surface area contributed by atoms with Crippen LogP contribution in [0.1, 0.15) is 57.5 Å². The highest BCUT2D eigenvalue weighted by Gasteiger charge is 2.41. The Labute approximate surface area is 235 Å². The fourth-order valence-corrected chi connectivity index (χ4v) is 6.34. The lowest BCUT2D eigenvalue weighted by Gasteiger charge is -2.46. The summed E-state index contributed by atoms with van der Waals surface area (Å²) in [4.78, 5) is 25.0. The number of morpholine rings is 1. The quantitative estimate of drug-likeness (QED) is 0.566. The van der Waals surface area contributed by atoms with E-state index in [9.17, 15) is 18.7 Å². The number of hydrogen-bond donors (Lipinski definition) is 2. The van der Waals surface area contributed by atoms with Crippen molar-refractivity contribution >= 4 is 11.6 Å². The van der Waals surface area contributed by atoms with E-state index in [0.717, 1.165) is 31.4 Å². The fraction of sp³-hybridized carbons (Fsp3) is 0.600. The molecule has 1 amide bonds. The number of nitrogens with one attached hydrogen (secondary N) is 1. The van der Waals surface area contributed by atoms with E-state index in [2.05, 4.69) is 40.9 Å². The van der Waals surface area contributed by atoms with Crippen molar-refractivity contribution in [1.29, 1.82) is 0 Å². The first kappa shape index (κ1) is 29.0. The number of carbonyl (C=O) groups is 1. The van der Waals surface area contributed by atoms with Crippen molar-refractivity contribution in [2.45, 2.75) is 70.3 Å². The first-order valence-electron chi connectivity index (χ1n) is 14.2. The molecular weight excluding hydrogens is 516 g/mol. The Bertz CT molecular complexity index is 1230. The predicted octanol–water partition coefficient (Wildman–Crippen LogP) is 2.84. The third-order valence-corrected chi connectivity index (χ3v) is 8.60. The van der Waals surface area contributed by atoms with Gasteiger partial charge in [-0.3, -0.25) is 19.6 Å². The van der Waals surface area contributed by atoms with Crippen molar-refractivity contribution in [3.8, 4) is 0 Å². The van der Waals surface area contributed by atoms with Crippen molar-refractivity contribution in [1.82, 2.24) is 20.1 Å². The normalized spacial score (nSPS) is 27.9. The van der Waals surface area contributed by atoms with E-state index in [4.69, 9.17) is 4.74 Å². The smallest absolute Gasteiger partial charge is 0.241 e. The number of hydrogen-bond acceptors (Lipinski definition) is 7. The second-order valence-electron chi connectivity index (χ2n) is 12.4. The topological polar surface area (TPSA) is 81.2 Å². The monoisotopic (exact) mass is 557 g/mol. The molecule has 3 aliphatic rings. The lowest BCUT2D eigenvalue weighted by atomic mass is 9.90. The third-order valence-electron chi connectivity index (χ3n) is 8.60. The molecule has 2 fully saturated rings. The van der Waals surface area contributed by atoms with Gasteiger partial charge in [-0.05, 0) is 32.9 Å². The summed E-state index contributed by atoms with van der Waals surface area (Å²) in [6.07, 6.45) is 0.0764. The van der Waals surface area contributed by atoms with Crippen LogP contribution in [0.2, 0.25) is 0 Å². The molecule has 4 heterocycles. The molecular formula is C30H41F2N5O3. The van der Waals surface area contributed by atoms with Crippen molar-refractivity contribution in [3.05, 3.63) is 58.9 Å². The number of fused-ring (bicyclic) bond motifs is 1. The fourth-order valence-electron chi connectivity index (χ4n) is 6.34. The van der Waals surface area contributed by atoms with Gasteiger partial charge in [0.15, 0.2) is 11.6 Å². The molecule has 40 heavy (non-hydrogen) atoms. The minimum absolute atomic E-state index is 0.0422. The maximum absolute atomic E-state index is 14.4. The van der Waals surface area contributed by atoms with Gasteiger partial charge in [0.25, 0.3) is 0 Å². The molecule has 5 atom stereocenters. The van der Waals surface area contributed by atoms with Crippen LogP contribution in [0.25, 0.3) is 0 Å². The molecule has 0 aliphatic carbocycles. The van der Waals surface area contributed by atoms with Gasteiger partial charge in [0.05, 0.1) is 31.1 Å². The highest BCUT2D eigenvalue weighted by atomic mass is 19.2. The molecule has 2 saturated heterocycles. The number of nitrogens with zero attached hydrogens (tertiary/aromatic N) is 4. The van der Waals surface area contributed by atoms with Crippen molar-refractivity contribution in [3.63, 3.8) is 0 Å². The second kappa shape index (κ2) is 11.4. The summed E-state index contributed by atoms with van der Waals surface area (Å²) in [5.41, 5.74) is 1.10. The molecule has 0 saturated carbocycles. The number of carbonyl (C=O) groups excluding carboxylic acids is 1. The number of halogens is 2. The number of piperazine rings is 1. The van der Waals surface area contributed by atoms with Gasteiger partial charge in [0, 0.05) is 73.1 Å². The Morgan fingerprint density at radius 2 is 1.95 bits per heavy atom. The maximum atomic E-state index is 14.4. The minimum Gasteiger partial charge on any atom is -0.383 e. The van der Waals surface area contributed by atoms with Crippen LogP contribution >= 0.6 is 0 Å². The molecule has 1 aromatic carbocycles. The van der Waals surface area contributed by atoms with E-state index in [1.54, 1.807) is 11.0 Å². The molecule has 3 aliphatic heterocycles. The van der Waals surface area contributed by atoms with Crippen LogP contribution in [-0.2, 0) is 14.9 Å². The number of rotatable bonds is 6.